The van der Waals surface area contributed by atoms with Crippen molar-refractivity contribution in [2.24, 2.45) is 7.05 Å². The number of aryl methyl sites for hydroxylation is 4. The lowest BCUT2D eigenvalue weighted by molar-refractivity contribution is -0.116. The number of benzene rings is 2. The Hall–Kier alpha value is -4.01. The zero-order valence-electron chi connectivity index (χ0n) is 18.8. The zero-order chi connectivity index (χ0) is 23.9. The van der Waals surface area contributed by atoms with Crippen molar-refractivity contribution in [2.45, 2.75) is 33.9 Å². The number of anilines is 1. The number of hydrogen-bond donors (Lipinski definition) is 1. The van der Waals surface area contributed by atoms with E-state index in [-0.39, 0.29) is 24.1 Å². The molecule has 8 nitrogen and oxygen atoms in total. The third kappa shape index (κ3) is 4.34. The van der Waals surface area contributed by atoms with Crippen LogP contribution in [0, 0.1) is 26.6 Å². The Morgan fingerprint density at radius 3 is 2.30 bits per heavy atom. The van der Waals surface area contributed by atoms with Gasteiger partial charge in [-0.15, -0.1) is 0 Å². The summed E-state index contributed by atoms with van der Waals surface area (Å²) in [6, 6.07) is 9.47. The summed E-state index contributed by atoms with van der Waals surface area (Å²) in [5, 5.41) is 7.08. The lowest BCUT2D eigenvalue weighted by atomic mass is 10.1. The Morgan fingerprint density at radius 1 is 1.03 bits per heavy atom. The van der Waals surface area contributed by atoms with Crippen LogP contribution < -0.4 is 16.6 Å². The van der Waals surface area contributed by atoms with Gasteiger partial charge in [-0.05, 0) is 49.6 Å². The second-order valence-electron chi connectivity index (χ2n) is 8.24. The van der Waals surface area contributed by atoms with Crippen molar-refractivity contribution in [1.29, 1.82) is 0 Å². The van der Waals surface area contributed by atoms with Gasteiger partial charge in [-0.25, -0.2) is 9.18 Å². The lowest BCUT2D eigenvalue weighted by Crippen LogP contribution is -2.42. The number of fused-ring (bicyclic) bond motifs is 1. The van der Waals surface area contributed by atoms with E-state index >= 15 is 0 Å². The highest BCUT2D eigenvalue weighted by Crippen LogP contribution is 2.22. The van der Waals surface area contributed by atoms with E-state index in [0.29, 0.717) is 11.3 Å². The SMILES string of the molecule is Cc1cc(C)c(NC(=O)Cn2c(=O)n(Cc3ccc(F)cc3)c(=O)c3nn(C)cc32)c(C)c1. The van der Waals surface area contributed by atoms with E-state index in [9.17, 15) is 18.8 Å². The molecule has 9 heteroatoms. The van der Waals surface area contributed by atoms with Crippen LogP contribution in [-0.4, -0.2) is 24.8 Å². The van der Waals surface area contributed by atoms with Crippen LogP contribution in [0.25, 0.3) is 11.0 Å². The van der Waals surface area contributed by atoms with E-state index < -0.39 is 23.0 Å². The summed E-state index contributed by atoms with van der Waals surface area (Å²) in [5.74, 6) is -0.814. The van der Waals surface area contributed by atoms with Crippen molar-refractivity contribution < 1.29 is 9.18 Å². The van der Waals surface area contributed by atoms with Crippen LogP contribution in [0.15, 0.2) is 52.2 Å². The van der Waals surface area contributed by atoms with Gasteiger partial charge in [-0.1, -0.05) is 29.8 Å². The lowest BCUT2D eigenvalue weighted by Gasteiger charge is -2.15. The van der Waals surface area contributed by atoms with E-state index in [0.717, 1.165) is 21.3 Å². The molecule has 4 aromatic rings. The highest BCUT2D eigenvalue weighted by atomic mass is 19.1. The normalized spacial score (nSPS) is 11.2. The third-order valence-electron chi connectivity index (χ3n) is 5.51. The molecule has 33 heavy (non-hydrogen) atoms. The molecular weight excluding hydrogens is 425 g/mol. The molecule has 4 rings (SSSR count). The maximum Gasteiger partial charge on any atom is 0.332 e. The topological polar surface area (TPSA) is 90.9 Å². The highest BCUT2D eigenvalue weighted by Gasteiger charge is 2.19. The smallest absolute Gasteiger partial charge is 0.324 e. The standard InChI is InChI=1S/C24H24FN5O3/c1-14-9-15(2)21(16(3)10-14)26-20(31)13-29-19-12-28(4)27-22(19)23(32)30(24(29)33)11-17-5-7-18(25)8-6-17/h5-10,12H,11,13H2,1-4H3,(H,26,31). The van der Waals surface area contributed by atoms with Crippen molar-refractivity contribution in [3.63, 3.8) is 0 Å². The Morgan fingerprint density at radius 2 is 1.67 bits per heavy atom. The molecule has 0 fully saturated rings. The first-order valence-electron chi connectivity index (χ1n) is 10.4. The van der Waals surface area contributed by atoms with Gasteiger partial charge in [0, 0.05) is 18.9 Å². The number of nitrogens with one attached hydrogen (secondary N) is 1. The predicted molar refractivity (Wildman–Crippen MR) is 124 cm³/mol. The average molecular weight is 449 g/mol. The van der Waals surface area contributed by atoms with Gasteiger partial charge in [-0.2, -0.15) is 5.10 Å². The number of carbonyl (C=O) groups excluding carboxylic acids is 1. The Kier molecular flexibility index (Phi) is 5.71. The number of hydrogen-bond acceptors (Lipinski definition) is 4. The fraction of sp³-hybridized carbons (Fsp3) is 0.250. The molecule has 0 aliphatic carbocycles. The molecule has 0 aliphatic heterocycles. The monoisotopic (exact) mass is 449 g/mol. The maximum absolute atomic E-state index is 13.3. The molecule has 0 radical (unpaired) electrons. The van der Waals surface area contributed by atoms with Crippen molar-refractivity contribution in [3.05, 3.63) is 91.5 Å². The summed E-state index contributed by atoms with van der Waals surface area (Å²) in [6.45, 7) is 5.43. The van der Waals surface area contributed by atoms with Crippen molar-refractivity contribution >= 4 is 22.6 Å². The van der Waals surface area contributed by atoms with Crippen LogP contribution in [0.3, 0.4) is 0 Å². The van der Waals surface area contributed by atoms with Crippen LogP contribution in [0.2, 0.25) is 0 Å². The second-order valence-corrected chi connectivity index (χ2v) is 8.24. The molecule has 1 amide bonds. The molecule has 1 N–H and O–H groups in total. The Balaban J connectivity index is 1.75. The Bertz CT molecular complexity index is 1470. The number of aromatic nitrogens is 4. The largest absolute Gasteiger partial charge is 0.332 e. The van der Waals surface area contributed by atoms with Gasteiger partial charge in [0.2, 0.25) is 5.91 Å². The number of halogens is 1. The molecule has 0 aliphatic rings. The quantitative estimate of drug-likeness (QED) is 0.507. The van der Waals surface area contributed by atoms with Crippen molar-refractivity contribution in [1.82, 2.24) is 18.9 Å². The van der Waals surface area contributed by atoms with Crippen LogP contribution >= 0.6 is 0 Å². The number of carbonyl (C=O) groups is 1. The number of amides is 1. The first kappa shape index (κ1) is 22.2. The van der Waals surface area contributed by atoms with Gasteiger partial charge in [0.15, 0.2) is 5.52 Å². The van der Waals surface area contributed by atoms with E-state index in [4.69, 9.17) is 0 Å². The average Bonchev–Trinajstić information content (AvgIpc) is 3.14. The van der Waals surface area contributed by atoms with Crippen LogP contribution in [0.4, 0.5) is 10.1 Å². The highest BCUT2D eigenvalue weighted by molar-refractivity contribution is 5.93. The van der Waals surface area contributed by atoms with Gasteiger partial charge in [0.25, 0.3) is 5.56 Å². The summed E-state index contributed by atoms with van der Waals surface area (Å²) in [5.41, 5.74) is 3.34. The molecule has 0 spiro atoms. The summed E-state index contributed by atoms with van der Waals surface area (Å²) >= 11 is 0. The summed E-state index contributed by atoms with van der Waals surface area (Å²) in [7, 11) is 1.64. The minimum Gasteiger partial charge on any atom is -0.324 e. The summed E-state index contributed by atoms with van der Waals surface area (Å²) in [4.78, 5) is 39.2. The van der Waals surface area contributed by atoms with Crippen molar-refractivity contribution in [3.8, 4) is 0 Å². The number of nitrogens with zero attached hydrogens (tertiary/aromatic N) is 4. The fourth-order valence-electron chi connectivity index (χ4n) is 4.05. The molecule has 170 valence electrons. The van der Waals surface area contributed by atoms with Crippen LogP contribution in [-0.2, 0) is 24.9 Å². The summed E-state index contributed by atoms with van der Waals surface area (Å²) < 4.78 is 16.9. The molecule has 2 heterocycles. The van der Waals surface area contributed by atoms with Gasteiger partial charge in [0.05, 0.1) is 12.1 Å². The predicted octanol–water partition coefficient (Wildman–Crippen LogP) is 2.65. The fourth-order valence-corrected chi connectivity index (χ4v) is 4.05. The Labute approximate surface area is 188 Å². The maximum atomic E-state index is 13.3. The molecule has 2 aromatic heterocycles. The van der Waals surface area contributed by atoms with Crippen molar-refractivity contribution in [2.75, 3.05) is 5.32 Å². The van der Waals surface area contributed by atoms with E-state index in [1.54, 1.807) is 7.05 Å². The molecule has 0 saturated heterocycles. The first-order valence-corrected chi connectivity index (χ1v) is 10.4. The van der Waals surface area contributed by atoms with Gasteiger partial charge in [0.1, 0.15) is 12.4 Å². The van der Waals surface area contributed by atoms with E-state index in [1.807, 2.05) is 32.9 Å². The molecule has 0 saturated carbocycles. The third-order valence-corrected chi connectivity index (χ3v) is 5.51. The van der Waals surface area contributed by atoms with E-state index in [2.05, 4.69) is 10.4 Å². The van der Waals surface area contributed by atoms with E-state index in [1.165, 1.54) is 39.7 Å². The van der Waals surface area contributed by atoms with Crippen LogP contribution in [0.5, 0.6) is 0 Å². The second kappa shape index (κ2) is 8.50. The minimum atomic E-state index is -0.641. The molecule has 2 aromatic carbocycles. The molecule has 0 bridgehead atoms. The minimum absolute atomic E-state index is 0.0672. The molecule has 0 atom stereocenters. The first-order chi connectivity index (χ1) is 15.6. The van der Waals surface area contributed by atoms with Gasteiger partial charge < -0.3 is 5.32 Å². The number of rotatable bonds is 5. The van der Waals surface area contributed by atoms with Gasteiger partial charge in [-0.3, -0.25) is 23.4 Å². The molecular formula is C24H24FN5O3. The zero-order valence-corrected chi connectivity index (χ0v) is 18.8. The van der Waals surface area contributed by atoms with Crippen LogP contribution in [0.1, 0.15) is 22.3 Å². The van der Waals surface area contributed by atoms with Gasteiger partial charge >= 0.3 is 5.69 Å². The summed E-state index contributed by atoms with van der Waals surface area (Å²) in [6.07, 6.45) is 1.54. The molecule has 0 unspecified atom stereocenters.